The number of aromatic amines is 1. The van der Waals surface area contributed by atoms with Crippen molar-refractivity contribution in [3.05, 3.63) is 209 Å². The van der Waals surface area contributed by atoms with Gasteiger partial charge in [-0.3, -0.25) is 76.7 Å². The predicted octanol–water partition coefficient (Wildman–Crippen LogP) is 6.86. The normalized spacial score (nSPS) is 22.0. The number of nitrogens with two attached hydrogens (primary N) is 1. The van der Waals surface area contributed by atoms with Gasteiger partial charge in [0.15, 0.2) is 11.6 Å². The van der Waals surface area contributed by atoms with E-state index >= 15 is 43.2 Å². The van der Waals surface area contributed by atoms with Crippen molar-refractivity contribution < 1.29 is 91.7 Å². The molecule has 1 aliphatic heterocycles. The number of amides is 12. The first-order valence-corrected chi connectivity index (χ1v) is 45.7. The fraction of sp³-hybridized carbons (Fsp3) is 0.440. The van der Waals surface area contributed by atoms with Crippen molar-refractivity contribution >= 4 is 123 Å². The summed E-state index contributed by atoms with van der Waals surface area (Å²) in [5.74, 6) is -16.2. The van der Waals surface area contributed by atoms with Crippen LogP contribution in [0.1, 0.15) is 139 Å². The summed E-state index contributed by atoms with van der Waals surface area (Å²) < 4.78 is 5.17. The van der Waals surface area contributed by atoms with E-state index in [1.54, 1.807) is 119 Å². The standard InChI is InChI=1S/C99H123N13O19S.CH4/c1-11-12-31-83-98(129)108(6)54-72(116)49-69(56-131-59-113)87(118)52-75(61(4)5)95(126)111(9)84(47-62-23-15-13-16-24-62)94(125)106-80(46-65-34-40-71(115)41-35-65)96(127)109(7)55-89(120)102-79(51-68-53-101-76-30-22-21-29-74(68)76)93(124)105-78(45-64-32-38-70(114)39-33-64)92(123)104-77(44-60(2)3)91(122)107-82(86(117)42-43-88(100)119)57-132-58-90(121)103-81(50-67-37-36-66-27-19-20-28-73(66)67)97(128)112(10)85(99(130)110(83)8)48-63-25-17-14-18-26-63;/h13-30,32-35,37-41,53,59-61,69,75,77-85,101,114-115H,11-12,31,36,42-52,54-58H2,1-10H3,(H2,100,119)(H,102,120)(H,103,121)(H,104,123)(H,105,124)(H,106,125)(H,107,122);1H4/t69-,75-,77-,78-,79-,80-,81-,82-,83-,84-,85-;/m0./s1. The Morgan fingerprint density at radius 2 is 1.05 bits per heavy atom. The summed E-state index contributed by atoms with van der Waals surface area (Å²) in [5, 5.41) is 38.4. The van der Waals surface area contributed by atoms with Crippen LogP contribution in [0.2, 0.25) is 0 Å². The van der Waals surface area contributed by atoms with Gasteiger partial charge in [0, 0.05) is 128 Å². The summed E-state index contributed by atoms with van der Waals surface area (Å²) in [4.78, 5) is 245. The summed E-state index contributed by atoms with van der Waals surface area (Å²) in [6.07, 6.45) is 1.96. The van der Waals surface area contributed by atoms with Crippen molar-refractivity contribution in [3.8, 4) is 11.5 Å². The number of nitrogens with one attached hydrogen (secondary N) is 7. The zero-order valence-electron chi connectivity index (χ0n) is 76.4. The Balaban J connectivity index is 0.0000218. The number of ether oxygens (including phenoxy) is 1. The molecule has 2 aliphatic rings. The number of carbonyl (C=O) groups is 16. The van der Waals surface area contributed by atoms with Gasteiger partial charge in [-0.1, -0.05) is 188 Å². The number of H-pyrrole nitrogens is 1. The summed E-state index contributed by atoms with van der Waals surface area (Å²) in [6, 6.07) is 30.7. The molecule has 6 aromatic carbocycles. The fourth-order valence-electron chi connectivity index (χ4n) is 16.5. The second kappa shape index (κ2) is 50.9. The molecule has 0 saturated carbocycles. The Morgan fingerprint density at radius 1 is 0.526 bits per heavy atom. The lowest BCUT2D eigenvalue weighted by Gasteiger charge is -2.37. The number of aromatic hydroxyl groups is 2. The Morgan fingerprint density at radius 3 is 1.66 bits per heavy atom. The maximum Gasteiger partial charge on any atom is 0.293 e. The first kappa shape index (κ1) is 105. The number of nitrogens with zero attached hydrogens (tertiary/aromatic N) is 5. The molecule has 7 aromatic rings. The number of aromatic nitrogens is 1. The summed E-state index contributed by atoms with van der Waals surface area (Å²) in [6.45, 7) is 6.90. The average molecular weight is 1850 g/mol. The lowest BCUT2D eigenvalue weighted by atomic mass is 9.84. The van der Waals surface area contributed by atoms with Gasteiger partial charge in [0.2, 0.25) is 70.9 Å². The third kappa shape index (κ3) is 30.6. The molecule has 1 fully saturated rings. The zero-order valence-corrected chi connectivity index (χ0v) is 77.3. The molecule has 1 saturated heterocycles. The van der Waals surface area contributed by atoms with Crippen LogP contribution in [-0.2, 0) is 120 Å². The highest BCUT2D eigenvalue weighted by molar-refractivity contribution is 8.00. The van der Waals surface area contributed by atoms with Crippen LogP contribution in [-0.4, -0.2) is 255 Å². The molecule has 9 rings (SSSR count). The largest absolute Gasteiger partial charge is 0.508 e. The number of unbranched alkanes of at least 4 members (excludes halogenated alkanes) is 1. The Hall–Kier alpha value is -13.3. The first-order valence-electron chi connectivity index (χ1n) is 44.6. The molecule has 0 spiro atoms. The highest BCUT2D eigenvalue weighted by Gasteiger charge is 2.43. The molecule has 11 atom stereocenters. The van der Waals surface area contributed by atoms with Gasteiger partial charge in [-0.25, -0.2) is 0 Å². The van der Waals surface area contributed by atoms with Crippen LogP contribution in [0.25, 0.3) is 16.5 Å². The molecule has 712 valence electrons. The molecular formula is C100H127N13O19S. The maximum atomic E-state index is 15.7. The molecular weight excluding hydrogens is 1720 g/mol. The highest BCUT2D eigenvalue weighted by Crippen LogP contribution is 2.33. The van der Waals surface area contributed by atoms with Crippen LogP contribution in [0.4, 0.5) is 0 Å². The van der Waals surface area contributed by atoms with E-state index in [9.17, 15) is 43.8 Å². The van der Waals surface area contributed by atoms with Crippen LogP contribution >= 0.6 is 11.8 Å². The van der Waals surface area contributed by atoms with Crippen LogP contribution in [0.3, 0.4) is 0 Å². The molecule has 0 bridgehead atoms. The van der Waals surface area contributed by atoms with Crippen molar-refractivity contribution in [1.82, 2.24) is 61.4 Å². The van der Waals surface area contributed by atoms with Gasteiger partial charge in [0.05, 0.1) is 30.8 Å². The molecule has 32 nitrogen and oxygen atoms in total. The molecule has 33 heteroatoms. The van der Waals surface area contributed by atoms with E-state index in [1.807, 2.05) is 37.3 Å². The SMILES string of the molecule is C.CCCC[C@H]1C(=O)N(C)CC(=O)C[C@@H](COC=O)C(=O)C[C@@H](C(C)C)C(=O)N(C)[C@@H](Cc2ccccc2)C(=O)N[C@@H](Cc2ccc(O)cc2)C(=O)N(C)CC(=O)N[C@@H](Cc2c[nH]c3ccccc23)C(=O)N[C@@H](Cc2ccc(O)cc2)C(=O)N[C@@H](CC(C)C)C(=O)N[C@H](C(=O)CCC(N)=O)CSCC(=O)N[C@@H](CC2=CCc3ccccc32)C(=O)N(C)[C@@H](Cc2ccccc2)C(=O)N1C. The van der Waals surface area contributed by atoms with Gasteiger partial charge >= 0.3 is 0 Å². The van der Waals surface area contributed by atoms with Crippen molar-refractivity contribution in [3.63, 3.8) is 0 Å². The van der Waals surface area contributed by atoms with Crippen LogP contribution in [0.15, 0.2) is 170 Å². The maximum absolute atomic E-state index is 15.7. The Labute approximate surface area is 780 Å². The molecule has 12 amide bonds. The van der Waals surface area contributed by atoms with Crippen molar-refractivity contribution in [1.29, 1.82) is 0 Å². The van der Waals surface area contributed by atoms with E-state index in [-0.39, 0.29) is 88.4 Å². The minimum atomic E-state index is -1.58. The minimum Gasteiger partial charge on any atom is -0.508 e. The average Bonchev–Trinajstić information content (AvgIpc) is 1.79. The molecule has 11 N–H and O–H groups in total. The van der Waals surface area contributed by atoms with Crippen molar-refractivity contribution in [2.24, 2.45) is 29.4 Å². The number of phenolic OH excluding ortho intramolecular Hbond substituents is 2. The number of para-hydroxylation sites is 1. The number of hydrogen-bond acceptors (Lipinski definition) is 20. The molecule has 0 unspecified atom stereocenters. The van der Waals surface area contributed by atoms with Gasteiger partial charge in [-0.2, -0.15) is 0 Å². The van der Waals surface area contributed by atoms with Crippen molar-refractivity contribution in [2.75, 3.05) is 66.4 Å². The number of primary amides is 1. The lowest BCUT2D eigenvalue weighted by molar-refractivity contribution is -0.151. The predicted molar refractivity (Wildman–Crippen MR) is 505 cm³/mol. The Bertz CT molecular complexity index is 5260. The number of Topliss-reactive ketones (excluding diaryl/α,β-unsaturated/α-hetero) is 3. The quantitative estimate of drug-likeness (QED) is 0.0261. The molecule has 1 aromatic heterocycles. The van der Waals surface area contributed by atoms with E-state index in [4.69, 9.17) is 10.5 Å². The number of benzene rings is 6. The molecule has 0 radical (unpaired) electrons. The summed E-state index contributed by atoms with van der Waals surface area (Å²) in [5.41, 5.74) is 11.3. The number of rotatable bonds is 25. The van der Waals surface area contributed by atoms with Gasteiger partial charge < -0.3 is 82.1 Å². The number of hydrogen-bond donors (Lipinski definition) is 10. The van der Waals surface area contributed by atoms with E-state index < -0.39 is 211 Å². The van der Waals surface area contributed by atoms with E-state index in [2.05, 4.69) is 36.9 Å². The van der Waals surface area contributed by atoms with Gasteiger partial charge in [-0.15, -0.1) is 11.8 Å². The molecule has 2 heterocycles. The minimum absolute atomic E-state index is 0. The number of allylic oxidation sites excluding steroid dienone is 1. The van der Waals surface area contributed by atoms with Gasteiger partial charge in [-0.05, 0) is 106 Å². The van der Waals surface area contributed by atoms with E-state index in [0.29, 0.717) is 63.6 Å². The number of carbonyl (C=O) groups excluding carboxylic acids is 16. The van der Waals surface area contributed by atoms with Gasteiger partial charge in [0.25, 0.3) is 6.47 Å². The Kier molecular flexibility index (Phi) is 40.2. The number of fused-ring (bicyclic) bond motifs is 2. The fourth-order valence-corrected chi connectivity index (χ4v) is 17.4. The first-order chi connectivity index (χ1) is 63.0. The smallest absolute Gasteiger partial charge is 0.293 e. The number of thioether (sulfide) groups is 1. The second-order valence-electron chi connectivity index (χ2n) is 34.9. The molecule has 133 heavy (non-hydrogen) atoms. The van der Waals surface area contributed by atoms with Crippen molar-refractivity contribution in [2.45, 2.75) is 193 Å². The third-order valence-corrected chi connectivity index (χ3v) is 25.0. The number of likely N-dealkylation sites (N-methyl/N-ethyl adjacent to an activating group) is 5. The number of phenols is 2. The summed E-state index contributed by atoms with van der Waals surface area (Å²) >= 11 is 0.892. The van der Waals surface area contributed by atoms with E-state index in [0.717, 1.165) is 32.7 Å². The second-order valence-corrected chi connectivity index (χ2v) is 35.9. The van der Waals surface area contributed by atoms with Crippen LogP contribution < -0.4 is 37.6 Å². The van der Waals surface area contributed by atoms with Crippen LogP contribution in [0.5, 0.6) is 11.5 Å². The number of ketones is 3. The zero-order chi connectivity index (χ0) is 96.0. The monoisotopic (exact) mass is 1850 g/mol. The van der Waals surface area contributed by atoms with Gasteiger partial charge in [0.1, 0.15) is 72.2 Å². The lowest BCUT2D eigenvalue weighted by Crippen LogP contribution is -2.59. The topological polar surface area (TPSA) is 453 Å². The van der Waals surface area contributed by atoms with Crippen LogP contribution in [0, 0.1) is 23.7 Å². The molecule has 1 aliphatic carbocycles. The highest BCUT2D eigenvalue weighted by atomic mass is 32.2. The van der Waals surface area contributed by atoms with E-state index in [1.165, 1.54) is 98.5 Å². The summed E-state index contributed by atoms with van der Waals surface area (Å²) in [7, 11) is 6.86. The third-order valence-electron chi connectivity index (χ3n) is 24.0.